The molecule has 0 saturated heterocycles. The third-order valence-corrected chi connectivity index (χ3v) is 3.30. The van der Waals surface area contributed by atoms with Gasteiger partial charge >= 0.3 is 0 Å². The molecule has 1 heterocycles. The number of ether oxygens (including phenoxy) is 1. The molecule has 118 valence electrons. The molecule has 0 fully saturated rings. The highest BCUT2D eigenvalue weighted by Crippen LogP contribution is 2.19. The molecule has 22 heavy (non-hydrogen) atoms. The van der Waals surface area contributed by atoms with Gasteiger partial charge in [-0.05, 0) is 31.2 Å². The highest BCUT2D eigenvalue weighted by molar-refractivity contribution is 5.81. The van der Waals surface area contributed by atoms with Crippen molar-refractivity contribution < 1.29 is 9.53 Å². The van der Waals surface area contributed by atoms with Gasteiger partial charge in [-0.1, -0.05) is 0 Å². The van der Waals surface area contributed by atoms with E-state index in [1.165, 1.54) is 6.07 Å². The molecule has 0 aliphatic carbocycles. The number of hydrogen-bond acceptors (Lipinski definition) is 4. The van der Waals surface area contributed by atoms with Crippen LogP contribution in [0, 0.1) is 0 Å². The summed E-state index contributed by atoms with van der Waals surface area (Å²) in [7, 11) is 0. The molecule has 2 aromatic rings. The van der Waals surface area contributed by atoms with Crippen LogP contribution in [0.15, 0.2) is 35.1 Å². The lowest BCUT2D eigenvalue weighted by molar-refractivity contribution is -0.121. The summed E-state index contributed by atoms with van der Waals surface area (Å²) in [5, 5.41) is 3.61. The average molecular weight is 303 g/mol. The summed E-state index contributed by atoms with van der Waals surface area (Å²) in [5.74, 6) is 0.654. The van der Waals surface area contributed by atoms with Crippen LogP contribution in [0.5, 0.6) is 5.75 Å². The summed E-state index contributed by atoms with van der Waals surface area (Å²) in [6.07, 6.45) is 0.242. The molecule has 0 spiro atoms. The van der Waals surface area contributed by atoms with Crippen LogP contribution in [0.25, 0.3) is 10.9 Å². The van der Waals surface area contributed by atoms with Crippen molar-refractivity contribution >= 4 is 16.8 Å². The minimum Gasteiger partial charge on any atom is -0.494 e. The SMILES string of the molecule is CCOc1ccc2c(ccc(=O)n2CCC(=O)NCCN)c1. The van der Waals surface area contributed by atoms with E-state index >= 15 is 0 Å². The Bertz CT molecular complexity index is 709. The highest BCUT2D eigenvalue weighted by Gasteiger charge is 2.07. The van der Waals surface area contributed by atoms with Gasteiger partial charge in [-0.15, -0.1) is 0 Å². The van der Waals surface area contributed by atoms with Gasteiger partial charge in [0.15, 0.2) is 0 Å². The van der Waals surface area contributed by atoms with Crippen molar-refractivity contribution in [3.8, 4) is 5.75 Å². The maximum Gasteiger partial charge on any atom is 0.251 e. The number of carbonyl (C=O) groups excluding carboxylic acids is 1. The molecule has 1 aromatic heterocycles. The Morgan fingerprint density at radius 3 is 2.86 bits per heavy atom. The van der Waals surface area contributed by atoms with E-state index < -0.39 is 0 Å². The number of nitrogens with two attached hydrogens (primary N) is 1. The maximum atomic E-state index is 12.1. The maximum absolute atomic E-state index is 12.1. The summed E-state index contributed by atoms with van der Waals surface area (Å²) in [5.41, 5.74) is 6.01. The lowest BCUT2D eigenvalue weighted by atomic mass is 10.2. The van der Waals surface area contributed by atoms with Crippen LogP contribution in [0.4, 0.5) is 0 Å². The number of aromatic nitrogens is 1. The third kappa shape index (κ3) is 3.85. The van der Waals surface area contributed by atoms with Gasteiger partial charge in [-0.25, -0.2) is 0 Å². The van der Waals surface area contributed by atoms with Crippen LogP contribution >= 0.6 is 0 Å². The molecular weight excluding hydrogens is 282 g/mol. The van der Waals surface area contributed by atoms with Crippen LogP contribution in [0.2, 0.25) is 0 Å². The van der Waals surface area contributed by atoms with Crippen molar-refractivity contribution in [3.63, 3.8) is 0 Å². The number of nitrogens with zero attached hydrogens (tertiary/aromatic N) is 1. The largest absolute Gasteiger partial charge is 0.494 e. The minimum absolute atomic E-state index is 0.111. The van der Waals surface area contributed by atoms with Gasteiger partial charge in [-0.2, -0.15) is 0 Å². The first-order valence-corrected chi connectivity index (χ1v) is 7.39. The quantitative estimate of drug-likeness (QED) is 0.794. The number of amides is 1. The standard InChI is InChI=1S/C16H21N3O3/c1-2-22-13-4-5-14-12(11-13)3-6-16(21)19(14)10-7-15(20)18-9-8-17/h3-6,11H,2,7-10,17H2,1H3,(H,18,20). The van der Waals surface area contributed by atoms with E-state index in [2.05, 4.69) is 5.32 Å². The van der Waals surface area contributed by atoms with E-state index in [0.717, 1.165) is 16.7 Å². The lowest BCUT2D eigenvalue weighted by Crippen LogP contribution is -2.31. The molecule has 6 heteroatoms. The number of pyridine rings is 1. The molecule has 3 N–H and O–H groups in total. The fourth-order valence-electron chi connectivity index (χ4n) is 2.28. The van der Waals surface area contributed by atoms with Gasteiger partial charge in [0, 0.05) is 37.5 Å². The third-order valence-electron chi connectivity index (χ3n) is 3.30. The van der Waals surface area contributed by atoms with Gasteiger partial charge in [0.25, 0.3) is 5.56 Å². The van der Waals surface area contributed by atoms with Crippen LogP contribution in [-0.2, 0) is 11.3 Å². The Morgan fingerprint density at radius 2 is 2.14 bits per heavy atom. The van der Waals surface area contributed by atoms with Crippen LogP contribution in [0.1, 0.15) is 13.3 Å². The Morgan fingerprint density at radius 1 is 1.32 bits per heavy atom. The second-order valence-corrected chi connectivity index (χ2v) is 4.87. The fourth-order valence-corrected chi connectivity index (χ4v) is 2.28. The monoisotopic (exact) mass is 303 g/mol. The van der Waals surface area contributed by atoms with Crippen LogP contribution in [-0.4, -0.2) is 30.2 Å². The number of fused-ring (bicyclic) bond motifs is 1. The Kier molecular flexibility index (Phi) is 5.55. The van der Waals surface area contributed by atoms with Crippen LogP contribution in [0.3, 0.4) is 0 Å². The summed E-state index contributed by atoms with van der Waals surface area (Å²) in [6, 6.07) is 8.85. The van der Waals surface area contributed by atoms with Crippen LogP contribution < -0.4 is 21.3 Å². The van der Waals surface area contributed by atoms with Crippen molar-refractivity contribution in [2.75, 3.05) is 19.7 Å². The average Bonchev–Trinajstić information content (AvgIpc) is 2.52. The summed E-state index contributed by atoms with van der Waals surface area (Å²) >= 11 is 0. The van der Waals surface area contributed by atoms with Crippen molar-refractivity contribution in [3.05, 3.63) is 40.7 Å². The van der Waals surface area contributed by atoms with E-state index in [0.29, 0.717) is 26.2 Å². The van der Waals surface area contributed by atoms with Crippen molar-refractivity contribution in [1.29, 1.82) is 0 Å². The number of carbonyl (C=O) groups is 1. The molecule has 0 saturated carbocycles. The van der Waals surface area contributed by atoms with Gasteiger partial charge in [-0.3, -0.25) is 9.59 Å². The first-order valence-electron chi connectivity index (χ1n) is 7.39. The van der Waals surface area contributed by atoms with Gasteiger partial charge in [0.05, 0.1) is 12.1 Å². The topological polar surface area (TPSA) is 86.3 Å². The summed E-state index contributed by atoms with van der Waals surface area (Å²) in [4.78, 5) is 23.7. The molecule has 0 aliphatic heterocycles. The van der Waals surface area contributed by atoms with Gasteiger partial charge in [0.2, 0.25) is 5.91 Å². The van der Waals surface area contributed by atoms with Crippen molar-refractivity contribution in [2.24, 2.45) is 5.73 Å². The molecule has 1 amide bonds. The van der Waals surface area contributed by atoms with Gasteiger partial charge < -0.3 is 20.4 Å². The second kappa shape index (κ2) is 7.61. The zero-order chi connectivity index (χ0) is 15.9. The molecule has 6 nitrogen and oxygen atoms in total. The van der Waals surface area contributed by atoms with E-state index in [4.69, 9.17) is 10.5 Å². The fraction of sp³-hybridized carbons (Fsp3) is 0.375. The second-order valence-electron chi connectivity index (χ2n) is 4.87. The Balaban J connectivity index is 2.23. The number of aryl methyl sites for hydroxylation is 1. The zero-order valence-corrected chi connectivity index (χ0v) is 12.7. The van der Waals surface area contributed by atoms with Crippen molar-refractivity contribution in [1.82, 2.24) is 9.88 Å². The molecule has 0 unspecified atom stereocenters. The van der Waals surface area contributed by atoms with Gasteiger partial charge in [0.1, 0.15) is 5.75 Å². The number of hydrogen-bond donors (Lipinski definition) is 2. The van der Waals surface area contributed by atoms with E-state index in [9.17, 15) is 9.59 Å². The molecule has 0 aliphatic rings. The summed E-state index contributed by atoms with van der Waals surface area (Å²) in [6.45, 7) is 3.69. The first-order chi connectivity index (χ1) is 10.7. The minimum atomic E-state index is -0.122. The lowest BCUT2D eigenvalue weighted by Gasteiger charge is -2.11. The smallest absolute Gasteiger partial charge is 0.251 e. The molecular formula is C16H21N3O3. The summed E-state index contributed by atoms with van der Waals surface area (Å²) < 4.78 is 7.07. The normalized spacial score (nSPS) is 10.6. The predicted molar refractivity (Wildman–Crippen MR) is 86.1 cm³/mol. The molecule has 1 aromatic carbocycles. The highest BCUT2D eigenvalue weighted by atomic mass is 16.5. The molecule has 0 atom stereocenters. The number of nitrogens with one attached hydrogen (secondary N) is 1. The van der Waals surface area contributed by atoms with Crippen molar-refractivity contribution in [2.45, 2.75) is 19.9 Å². The zero-order valence-electron chi connectivity index (χ0n) is 12.7. The Hall–Kier alpha value is -2.34. The number of benzene rings is 1. The first kappa shape index (κ1) is 16.0. The Labute approximate surface area is 128 Å². The number of rotatable bonds is 7. The molecule has 0 bridgehead atoms. The van der Waals surface area contributed by atoms with E-state index in [-0.39, 0.29) is 17.9 Å². The molecule has 0 radical (unpaired) electrons. The molecule has 2 rings (SSSR count). The predicted octanol–water partition coefficient (Wildman–Crippen LogP) is 0.865. The van der Waals surface area contributed by atoms with E-state index in [1.54, 1.807) is 10.6 Å². The van der Waals surface area contributed by atoms with E-state index in [1.807, 2.05) is 25.1 Å².